The van der Waals surface area contributed by atoms with E-state index in [9.17, 15) is 32.7 Å². The molecule has 0 bridgehead atoms. The molecule has 1 aromatic carbocycles. The standard InChI is InChI=1S/C24H32F3N3O5/c1-23(2,3)35-22(34)29-10-4-5-16(13-29)21(33)30-14-18(31)11-19(30)20(32)28-12-15-6-8-17(9-7-15)24(25,26)27/h6-9,16,18-19,31H,4-5,10-14H2,1-3H3,(H,28,32)/t16?,18-,19-/m1/s1. The van der Waals surface area contributed by atoms with E-state index in [0.717, 1.165) is 12.1 Å². The molecule has 0 radical (unpaired) electrons. The molecule has 2 saturated heterocycles. The summed E-state index contributed by atoms with van der Waals surface area (Å²) in [4.78, 5) is 41.4. The molecule has 3 rings (SSSR count). The van der Waals surface area contributed by atoms with E-state index in [1.54, 1.807) is 20.8 Å². The van der Waals surface area contributed by atoms with Crippen molar-refractivity contribution in [2.45, 2.75) is 70.5 Å². The Morgan fingerprint density at radius 3 is 2.37 bits per heavy atom. The van der Waals surface area contributed by atoms with E-state index in [1.165, 1.54) is 21.9 Å². The van der Waals surface area contributed by atoms with Crippen LogP contribution in [0.1, 0.15) is 51.2 Å². The molecule has 35 heavy (non-hydrogen) atoms. The van der Waals surface area contributed by atoms with Crippen LogP contribution in [-0.2, 0) is 27.0 Å². The number of ether oxygens (including phenoxy) is 1. The SMILES string of the molecule is CC(C)(C)OC(=O)N1CCCC(C(=O)N2C[C@H](O)C[C@@H]2C(=O)NCc2ccc(C(F)(F)F)cc2)C1. The number of benzene rings is 1. The summed E-state index contributed by atoms with van der Waals surface area (Å²) >= 11 is 0. The first kappa shape index (κ1) is 26.8. The highest BCUT2D eigenvalue weighted by atomic mass is 19.4. The van der Waals surface area contributed by atoms with E-state index in [1.807, 2.05) is 0 Å². The van der Waals surface area contributed by atoms with Gasteiger partial charge in [0.2, 0.25) is 11.8 Å². The number of nitrogens with zero attached hydrogens (tertiary/aromatic N) is 2. The van der Waals surface area contributed by atoms with Gasteiger partial charge >= 0.3 is 12.3 Å². The van der Waals surface area contributed by atoms with E-state index in [0.29, 0.717) is 24.9 Å². The third kappa shape index (κ3) is 7.09. The van der Waals surface area contributed by atoms with Gasteiger partial charge in [-0.15, -0.1) is 0 Å². The minimum absolute atomic E-state index is 0.000136. The third-order valence-corrected chi connectivity index (χ3v) is 6.04. The van der Waals surface area contributed by atoms with Gasteiger partial charge in [0.25, 0.3) is 0 Å². The number of likely N-dealkylation sites (tertiary alicyclic amines) is 2. The van der Waals surface area contributed by atoms with Crippen LogP contribution in [0.3, 0.4) is 0 Å². The second kappa shape index (κ2) is 10.4. The number of piperidine rings is 1. The number of aliphatic hydroxyl groups is 1. The lowest BCUT2D eigenvalue weighted by Crippen LogP contribution is -2.51. The quantitative estimate of drug-likeness (QED) is 0.664. The number of hydrogen-bond donors (Lipinski definition) is 2. The van der Waals surface area contributed by atoms with E-state index in [-0.39, 0.29) is 32.0 Å². The molecule has 3 amide bonds. The highest BCUT2D eigenvalue weighted by molar-refractivity contribution is 5.89. The Bertz CT molecular complexity index is 930. The topological polar surface area (TPSA) is 99.2 Å². The molecule has 194 valence electrons. The second-order valence-corrected chi connectivity index (χ2v) is 10.1. The van der Waals surface area contributed by atoms with Crippen LogP contribution in [0, 0.1) is 5.92 Å². The summed E-state index contributed by atoms with van der Waals surface area (Å²) in [5.74, 6) is -1.33. The van der Waals surface area contributed by atoms with Crippen molar-refractivity contribution in [1.29, 1.82) is 0 Å². The van der Waals surface area contributed by atoms with Crippen molar-refractivity contribution < 1.29 is 37.4 Å². The highest BCUT2D eigenvalue weighted by Crippen LogP contribution is 2.29. The largest absolute Gasteiger partial charge is 0.444 e. The molecule has 3 atom stereocenters. The molecule has 2 heterocycles. The Labute approximate surface area is 202 Å². The van der Waals surface area contributed by atoms with Crippen molar-refractivity contribution in [3.05, 3.63) is 35.4 Å². The Kier molecular flexibility index (Phi) is 7.98. The molecule has 0 aliphatic carbocycles. The van der Waals surface area contributed by atoms with E-state index in [4.69, 9.17) is 4.74 Å². The summed E-state index contributed by atoms with van der Waals surface area (Å²) < 4.78 is 43.6. The Morgan fingerprint density at radius 1 is 1.11 bits per heavy atom. The molecule has 2 N–H and O–H groups in total. The van der Waals surface area contributed by atoms with Crippen LogP contribution < -0.4 is 5.32 Å². The Morgan fingerprint density at radius 2 is 1.77 bits per heavy atom. The average Bonchev–Trinajstić information content (AvgIpc) is 3.17. The van der Waals surface area contributed by atoms with Gasteiger partial charge in [-0.1, -0.05) is 12.1 Å². The smallest absolute Gasteiger partial charge is 0.416 e. The van der Waals surface area contributed by atoms with Gasteiger partial charge in [-0.25, -0.2) is 4.79 Å². The summed E-state index contributed by atoms with van der Waals surface area (Å²) in [7, 11) is 0. The van der Waals surface area contributed by atoms with Crippen LogP contribution >= 0.6 is 0 Å². The highest BCUT2D eigenvalue weighted by Gasteiger charge is 2.42. The van der Waals surface area contributed by atoms with Crippen molar-refractivity contribution >= 4 is 17.9 Å². The molecular formula is C24H32F3N3O5. The fourth-order valence-electron chi connectivity index (χ4n) is 4.33. The Hall–Kier alpha value is -2.82. The van der Waals surface area contributed by atoms with Crippen LogP contribution in [0.25, 0.3) is 0 Å². The monoisotopic (exact) mass is 499 g/mol. The average molecular weight is 500 g/mol. The first-order valence-electron chi connectivity index (χ1n) is 11.6. The molecular weight excluding hydrogens is 467 g/mol. The number of carbonyl (C=O) groups is 3. The zero-order chi connectivity index (χ0) is 26.0. The maximum absolute atomic E-state index is 13.3. The maximum atomic E-state index is 13.3. The van der Waals surface area contributed by atoms with E-state index < -0.39 is 47.4 Å². The fourth-order valence-corrected chi connectivity index (χ4v) is 4.33. The first-order valence-corrected chi connectivity index (χ1v) is 11.6. The van der Waals surface area contributed by atoms with Crippen LogP contribution in [0.4, 0.5) is 18.0 Å². The maximum Gasteiger partial charge on any atom is 0.416 e. The summed E-state index contributed by atoms with van der Waals surface area (Å²) in [6.45, 7) is 5.91. The number of amides is 3. The lowest BCUT2D eigenvalue weighted by Gasteiger charge is -2.36. The zero-order valence-corrected chi connectivity index (χ0v) is 20.1. The number of rotatable bonds is 4. The molecule has 0 spiro atoms. The Balaban J connectivity index is 1.61. The predicted molar refractivity (Wildman–Crippen MR) is 120 cm³/mol. The molecule has 11 heteroatoms. The van der Waals surface area contributed by atoms with Crippen molar-refractivity contribution in [2.24, 2.45) is 5.92 Å². The minimum Gasteiger partial charge on any atom is -0.444 e. The first-order chi connectivity index (χ1) is 16.2. The summed E-state index contributed by atoms with van der Waals surface area (Å²) in [5.41, 5.74) is -0.970. The second-order valence-electron chi connectivity index (χ2n) is 10.1. The van der Waals surface area contributed by atoms with E-state index in [2.05, 4.69) is 5.32 Å². The van der Waals surface area contributed by atoms with Gasteiger partial charge in [0.05, 0.1) is 17.6 Å². The van der Waals surface area contributed by atoms with Crippen LogP contribution in [0.2, 0.25) is 0 Å². The zero-order valence-electron chi connectivity index (χ0n) is 20.1. The number of nitrogens with one attached hydrogen (secondary N) is 1. The van der Waals surface area contributed by atoms with Gasteiger partial charge in [0.1, 0.15) is 11.6 Å². The van der Waals surface area contributed by atoms with Crippen LogP contribution in [0.15, 0.2) is 24.3 Å². The van der Waals surface area contributed by atoms with Gasteiger partial charge in [-0.05, 0) is 51.3 Å². The summed E-state index contributed by atoms with van der Waals surface area (Å²) in [6.07, 6.45) is -4.59. The number of β-amino-alcohol motifs (C(OH)–C–C–N with tert-alkyl or cyclic N) is 1. The summed E-state index contributed by atoms with van der Waals surface area (Å²) in [6, 6.07) is 3.54. The van der Waals surface area contributed by atoms with Crippen molar-refractivity contribution in [2.75, 3.05) is 19.6 Å². The molecule has 1 aromatic rings. The fraction of sp³-hybridized carbons (Fsp3) is 0.625. The van der Waals surface area contributed by atoms with Gasteiger partial charge in [0.15, 0.2) is 0 Å². The molecule has 8 nitrogen and oxygen atoms in total. The lowest BCUT2D eigenvalue weighted by molar-refractivity contribution is -0.143. The normalized spacial score (nSPS) is 23.2. The number of hydrogen-bond acceptors (Lipinski definition) is 5. The van der Waals surface area contributed by atoms with Gasteiger partial charge in [-0.3, -0.25) is 9.59 Å². The molecule has 2 aliphatic heterocycles. The lowest BCUT2D eigenvalue weighted by atomic mass is 9.96. The number of halogens is 3. The minimum atomic E-state index is -4.44. The van der Waals surface area contributed by atoms with E-state index >= 15 is 0 Å². The predicted octanol–water partition coefficient (Wildman–Crippen LogP) is 2.93. The number of aliphatic hydroxyl groups excluding tert-OH is 1. The molecule has 2 aliphatic rings. The number of carbonyl (C=O) groups excluding carboxylic acids is 3. The molecule has 1 unspecified atom stereocenters. The van der Waals surface area contributed by atoms with Gasteiger partial charge in [-0.2, -0.15) is 13.2 Å². The van der Waals surface area contributed by atoms with Crippen molar-refractivity contribution in [1.82, 2.24) is 15.1 Å². The van der Waals surface area contributed by atoms with Crippen LogP contribution in [-0.4, -0.2) is 70.2 Å². The molecule has 2 fully saturated rings. The summed E-state index contributed by atoms with van der Waals surface area (Å²) in [5, 5.41) is 12.8. The van der Waals surface area contributed by atoms with Gasteiger partial charge in [0, 0.05) is 32.6 Å². The molecule has 0 aromatic heterocycles. The third-order valence-electron chi connectivity index (χ3n) is 6.04. The van der Waals surface area contributed by atoms with Crippen molar-refractivity contribution in [3.63, 3.8) is 0 Å². The molecule has 0 saturated carbocycles. The number of alkyl halides is 3. The van der Waals surface area contributed by atoms with Gasteiger partial charge < -0.3 is 25.0 Å². The van der Waals surface area contributed by atoms with Crippen molar-refractivity contribution in [3.8, 4) is 0 Å². The van der Waals surface area contributed by atoms with Crippen LogP contribution in [0.5, 0.6) is 0 Å².